The molecule has 1 aliphatic rings. The van der Waals surface area contributed by atoms with Crippen molar-refractivity contribution < 1.29 is 4.74 Å². The fourth-order valence-electron chi connectivity index (χ4n) is 3.11. The van der Waals surface area contributed by atoms with E-state index in [0.29, 0.717) is 0 Å². The van der Waals surface area contributed by atoms with E-state index in [4.69, 9.17) is 9.72 Å². The number of hydrogen-bond donors (Lipinski definition) is 2. The summed E-state index contributed by atoms with van der Waals surface area (Å²) in [6, 6.07) is 10.5. The molecule has 0 atom stereocenters. The molecule has 23 heavy (non-hydrogen) atoms. The molecule has 1 aromatic heterocycles. The van der Waals surface area contributed by atoms with Crippen LogP contribution in [0.3, 0.4) is 0 Å². The summed E-state index contributed by atoms with van der Waals surface area (Å²) in [5, 5.41) is 10.5. The lowest BCUT2D eigenvalue weighted by molar-refractivity contribution is 0.0850. The van der Waals surface area contributed by atoms with Crippen molar-refractivity contribution >= 4 is 11.3 Å². The van der Waals surface area contributed by atoms with Crippen LogP contribution in [0, 0.1) is 0 Å². The first-order valence-corrected chi connectivity index (χ1v) is 9.09. The number of hydrogen-bond acceptors (Lipinski definition) is 5. The molecule has 1 aromatic carbocycles. The van der Waals surface area contributed by atoms with Crippen LogP contribution in [0.1, 0.15) is 29.1 Å². The lowest BCUT2D eigenvalue weighted by atomic mass is 9.89. The number of piperidine rings is 1. The number of methoxy groups -OCH3 is 1. The Bertz CT molecular complexity index is 588. The maximum atomic E-state index is 5.45. The second-order valence-electron chi connectivity index (χ2n) is 6.21. The third-order valence-corrected chi connectivity index (χ3v) is 5.32. The first-order chi connectivity index (χ1) is 11.3. The maximum Gasteiger partial charge on any atom is 0.0972 e. The lowest BCUT2D eigenvalue weighted by Gasteiger charge is -2.38. The fraction of sp³-hybridized carbons (Fsp3) is 0.500. The van der Waals surface area contributed by atoms with Crippen molar-refractivity contribution in [2.24, 2.45) is 0 Å². The molecule has 1 saturated heterocycles. The summed E-state index contributed by atoms with van der Waals surface area (Å²) in [5.41, 5.74) is 2.54. The molecule has 1 fully saturated rings. The Kier molecular flexibility index (Phi) is 5.78. The molecule has 3 rings (SSSR count). The Balaban J connectivity index is 1.58. The summed E-state index contributed by atoms with van der Waals surface area (Å²) in [4.78, 5) is 4.78. The molecule has 0 saturated carbocycles. The first-order valence-electron chi connectivity index (χ1n) is 8.22. The molecule has 0 spiro atoms. The highest BCUT2D eigenvalue weighted by atomic mass is 32.1. The molecule has 0 radical (unpaired) electrons. The van der Waals surface area contributed by atoms with Gasteiger partial charge in [-0.3, -0.25) is 0 Å². The average molecular weight is 331 g/mol. The van der Waals surface area contributed by atoms with Crippen LogP contribution in [-0.2, 0) is 17.7 Å². The van der Waals surface area contributed by atoms with Crippen LogP contribution in [0.4, 0.5) is 0 Å². The summed E-state index contributed by atoms with van der Waals surface area (Å²) in [6.45, 7) is 3.67. The Labute approximate surface area is 142 Å². The molecule has 124 valence electrons. The lowest BCUT2D eigenvalue weighted by Crippen LogP contribution is -2.55. The van der Waals surface area contributed by atoms with Crippen molar-refractivity contribution in [3.63, 3.8) is 0 Å². The number of benzene rings is 1. The minimum atomic E-state index is 0.0865. The molecular weight excluding hydrogens is 306 g/mol. The molecule has 2 aromatic rings. The maximum absolute atomic E-state index is 5.45. The van der Waals surface area contributed by atoms with Crippen molar-refractivity contribution in [1.29, 1.82) is 0 Å². The Hall–Kier alpha value is -1.27. The van der Waals surface area contributed by atoms with E-state index in [1.165, 1.54) is 10.6 Å². The van der Waals surface area contributed by atoms with Gasteiger partial charge in [0.15, 0.2) is 0 Å². The van der Waals surface area contributed by atoms with Crippen LogP contribution in [0.15, 0.2) is 35.7 Å². The van der Waals surface area contributed by atoms with Gasteiger partial charge in [-0.15, -0.1) is 11.3 Å². The molecule has 0 bridgehead atoms. The van der Waals surface area contributed by atoms with Gasteiger partial charge in [-0.05, 0) is 31.5 Å². The van der Waals surface area contributed by atoms with Gasteiger partial charge in [0, 0.05) is 31.0 Å². The summed E-state index contributed by atoms with van der Waals surface area (Å²) in [5.74, 6) is 0. The summed E-state index contributed by atoms with van der Waals surface area (Å²) >= 11 is 1.75. The fourth-order valence-corrected chi connectivity index (χ4v) is 3.94. The zero-order chi connectivity index (χ0) is 16.0. The predicted molar refractivity (Wildman–Crippen MR) is 94.9 cm³/mol. The first kappa shape index (κ1) is 16.6. The van der Waals surface area contributed by atoms with Gasteiger partial charge in [0.1, 0.15) is 0 Å². The molecule has 2 heterocycles. The molecule has 2 N–H and O–H groups in total. The second kappa shape index (κ2) is 8.02. The SMILES string of the molecule is COCC1(NCc2csc(Cc3ccccc3)n2)CCNCC1. The van der Waals surface area contributed by atoms with Crippen molar-refractivity contribution in [3.8, 4) is 0 Å². The van der Waals surface area contributed by atoms with Crippen LogP contribution >= 0.6 is 11.3 Å². The van der Waals surface area contributed by atoms with Crippen molar-refractivity contribution in [2.45, 2.75) is 31.3 Å². The highest BCUT2D eigenvalue weighted by molar-refractivity contribution is 7.09. The van der Waals surface area contributed by atoms with Gasteiger partial charge in [0.25, 0.3) is 0 Å². The van der Waals surface area contributed by atoms with E-state index in [1.807, 2.05) is 0 Å². The highest BCUT2D eigenvalue weighted by Gasteiger charge is 2.31. The van der Waals surface area contributed by atoms with Crippen LogP contribution in [-0.4, -0.2) is 37.3 Å². The molecule has 4 nitrogen and oxygen atoms in total. The van der Waals surface area contributed by atoms with Gasteiger partial charge in [0.05, 0.1) is 17.3 Å². The third-order valence-electron chi connectivity index (χ3n) is 4.42. The summed E-state index contributed by atoms with van der Waals surface area (Å²) in [7, 11) is 1.78. The molecule has 1 aliphatic heterocycles. The van der Waals surface area contributed by atoms with Gasteiger partial charge >= 0.3 is 0 Å². The van der Waals surface area contributed by atoms with Crippen molar-refractivity contribution in [2.75, 3.05) is 26.8 Å². The molecule has 0 amide bonds. The number of rotatable bonds is 7. The smallest absolute Gasteiger partial charge is 0.0972 e. The van der Waals surface area contributed by atoms with Crippen molar-refractivity contribution in [3.05, 3.63) is 52.0 Å². The van der Waals surface area contributed by atoms with Crippen LogP contribution in [0.5, 0.6) is 0 Å². The van der Waals surface area contributed by atoms with E-state index in [0.717, 1.165) is 51.2 Å². The van der Waals surface area contributed by atoms with E-state index < -0.39 is 0 Å². The molecular formula is C18H25N3OS. The molecule has 0 aliphatic carbocycles. The van der Waals surface area contributed by atoms with Gasteiger partial charge in [-0.2, -0.15) is 0 Å². The van der Waals surface area contributed by atoms with E-state index in [9.17, 15) is 0 Å². The van der Waals surface area contributed by atoms with Crippen LogP contribution in [0.25, 0.3) is 0 Å². The molecule has 0 unspecified atom stereocenters. The van der Waals surface area contributed by atoms with E-state index in [-0.39, 0.29) is 5.54 Å². The second-order valence-corrected chi connectivity index (χ2v) is 7.15. The summed E-state index contributed by atoms with van der Waals surface area (Å²) < 4.78 is 5.45. The van der Waals surface area contributed by atoms with Crippen LogP contribution < -0.4 is 10.6 Å². The summed E-state index contributed by atoms with van der Waals surface area (Å²) in [6.07, 6.45) is 3.11. The minimum absolute atomic E-state index is 0.0865. The zero-order valence-electron chi connectivity index (χ0n) is 13.7. The largest absolute Gasteiger partial charge is 0.383 e. The quantitative estimate of drug-likeness (QED) is 0.819. The zero-order valence-corrected chi connectivity index (χ0v) is 14.5. The van der Waals surface area contributed by atoms with Crippen molar-refractivity contribution in [1.82, 2.24) is 15.6 Å². The number of ether oxygens (including phenoxy) is 1. The number of nitrogens with one attached hydrogen (secondary N) is 2. The standard InChI is InChI=1S/C18H25N3OS/c1-22-14-18(7-9-19-10-8-18)20-12-16-13-23-17(21-16)11-15-5-3-2-4-6-15/h2-6,13,19-20H,7-12,14H2,1H3. The molecule has 5 heteroatoms. The number of aromatic nitrogens is 1. The Morgan fingerprint density at radius 1 is 1.26 bits per heavy atom. The van der Waals surface area contributed by atoms with Crippen LogP contribution in [0.2, 0.25) is 0 Å². The normalized spacial score (nSPS) is 17.3. The Morgan fingerprint density at radius 3 is 2.78 bits per heavy atom. The topological polar surface area (TPSA) is 46.2 Å². The minimum Gasteiger partial charge on any atom is -0.383 e. The van der Waals surface area contributed by atoms with E-state index >= 15 is 0 Å². The number of nitrogens with zero attached hydrogens (tertiary/aromatic N) is 1. The van der Waals surface area contributed by atoms with Gasteiger partial charge in [-0.1, -0.05) is 30.3 Å². The van der Waals surface area contributed by atoms with Gasteiger partial charge in [0.2, 0.25) is 0 Å². The average Bonchev–Trinajstić information content (AvgIpc) is 3.03. The third kappa shape index (κ3) is 4.61. The predicted octanol–water partition coefficient (Wildman–Crippen LogP) is 2.59. The van der Waals surface area contributed by atoms with Gasteiger partial charge < -0.3 is 15.4 Å². The van der Waals surface area contributed by atoms with E-state index in [1.54, 1.807) is 18.4 Å². The Morgan fingerprint density at radius 2 is 2.04 bits per heavy atom. The monoisotopic (exact) mass is 331 g/mol. The van der Waals surface area contributed by atoms with Gasteiger partial charge in [-0.25, -0.2) is 4.98 Å². The van der Waals surface area contributed by atoms with E-state index in [2.05, 4.69) is 46.3 Å². The highest BCUT2D eigenvalue weighted by Crippen LogP contribution is 2.20. The number of thiazole rings is 1.